The summed E-state index contributed by atoms with van der Waals surface area (Å²) in [6.07, 6.45) is 3.59. The number of pyridine rings is 1. The lowest BCUT2D eigenvalue weighted by Gasteiger charge is -2.16. The van der Waals surface area contributed by atoms with Gasteiger partial charge in [0, 0.05) is 11.6 Å². The molecule has 2 aromatic heterocycles. The molecule has 8 nitrogen and oxygen atoms in total. The highest BCUT2D eigenvalue weighted by molar-refractivity contribution is 7.89. The molecule has 28 heavy (non-hydrogen) atoms. The molecule has 4 aromatic rings. The fourth-order valence-electron chi connectivity index (χ4n) is 3.67. The van der Waals surface area contributed by atoms with Gasteiger partial charge >= 0.3 is 0 Å². The van der Waals surface area contributed by atoms with Crippen LogP contribution in [0, 0.1) is 0 Å². The van der Waals surface area contributed by atoms with Gasteiger partial charge in [0.2, 0.25) is 15.8 Å². The van der Waals surface area contributed by atoms with Crippen molar-refractivity contribution in [3.63, 3.8) is 0 Å². The van der Waals surface area contributed by atoms with Gasteiger partial charge in [-0.15, -0.1) is 10.2 Å². The summed E-state index contributed by atoms with van der Waals surface area (Å²) >= 11 is 0. The summed E-state index contributed by atoms with van der Waals surface area (Å²) in [6.45, 7) is 0. The molecule has 0 bridgehead atoms. The molecule has 3 N–H and O–H groups in total. The van der Waals surface area contributed by atoms with Crippen molar-refractivity contribution in [2.45, 2.75) is 23.7 Å². The van der Waals surface area contributed by atoms with Gasteiger partial charge in [0.05, 0.1) is 16.0 Å². The van der Waals surface area contributed by atoms with Gasteiger partial charge in [-0.25, -0.2) is 13.6 Å². The predicted octanol–water partition coefficient (Wildman–Crippen LogP) is 2.61. The van der Waals surface area contributed by atoms with Crippen LogP contribution in [-0.2, 0) is 10.0 Å². The molecule has 9 heteroatoms. The first kappa shape index (κ1) is 17.0. The summed E-state index contributed by atoms with van der Waals surface area (Å²) in [5, 5.41) is 20.7. The Morgan fingerprint density at radius 2 is 1.89 bits per heavy atom. The number of H-pyrrole nitrogens is 1. The minimum Gasteiger partial charge on any atom is -0.256 e. The maximum atomic E-state index is 12.6. The molecule has 0 unspecified atom stereocenters. The van der Waals surface area contributed by atoms with E-state index in [-0.39, 0.29) is 16.6 Å². The topological polar surface area (TPSA) is 128 Å². The summed E-state index contributed by atoms with van der Waals surface area (Å²) in [4.78, 5) is 4.47. The van der Waals surface area contributed by atoms with Crippen molar-refractivity contribution in [2.75, 3.05) is 0 Å². The van der Waals surface area contributed by atoms with Crippen LogP contribution in [0.25, 0.3) is 33.4 Å². The van der Waals surface area contributed by atoms with Crippen molar-refractivity contribution in [2.24, 2.45) is 5.14 Å². The van der Waals surface area contributed by atoms with Gasteiger partial charge in [-0.2, -0.15) is 5.21 Å². The van der Waals surface area contributed by atoms with Crippen LogP contribution in [0.4, 0.5) is 0 Å². The van der Waals surface area contributed by atoms with Crippen LogP contribution in [0.3, 0.4) is 0 Å². The zero-order valence-electron chi connectivity index (χ0n) is 14.7. The molecule has 2 heterocycles. The molecule has 1 fully saturated rings. The van der Waals surface area contributed by atoms with E-state index in [2.05, 4.69) is 25.6 Å². The summed E-state index contributed by atoms with van der Waals surface area (Å²) in [5.74, 6) is 0.379. The second-order valence-electron chi connectivity index (χ2n) is 6.84. The smallest absolute Gasteiger partial charge is 0.239 e. The number of nitrogens with zero attached hydrogens (tertiary/aromatic N) is 4. The number of nitrogens with one attached hydrogen (secondary N) is 1. The van der Waals surface area contributed by atoms with Crippen molar-refractivity contribution in [1.82, 2.24) is 25.6 Å². The highest BCUT2D eigenvalue weighted by Crippen LogP contribution is 2.47. The fourth-order valence-corrected chi connectivity index (χ4v) is 4.72. The number of hydrogen-bond donors (Lipinski definition) is 2. The second-order valence-corrected chi connectivity index (χ2v) is 8.34. The Balaban J connectivity index is 1.91. The number of aromatic nitrogens is 5. The number of rotatable bonds is 4. The minimum atomic E-state index is -4.02. The first-order valence-corrected chi connectivity index (χ1v) is 10.4. The molecule has 0 radical (unpaired) electrons. The monoisotopic (exact) mass is 392 g/mol. The van der Waals surface area contributed by atoms with E-state index in [1.165, 1.54) is 0 Å². The second kappa shape index (κ2) is 6.18. The first-order valence-electron chi connectivity index (χ1n) is 8.81. The minimum absolute atomic E-state index is 0.0785. The average molecular weight is 392 g/mol. The third kappa shape index (κ3) is 2.76. The summed E-state index contributed by atoms with van der Waals surface area (Å²) in [7, 11) is -4.02. The third-order valence-corrected chi connectivity index (χ3v) is 6.00. The van der Waals surface area contributed by atoms with E-state index in [0.717, 1.165) is 29.3 Å². The van der Waals surface area contributed by atoms with Gasteiger partial charge in [0.15, 0.2) is 0 Å². The largest absolute Gasteiger partial charge is 0.256 e. The highest BCUT2D eigenvalue weighted by Gasteiger charge is 2.34. The van der Waals surface area contributed by atoms with Gasteiger partial charge in [-0.05, 0) is 52.8 Å². The number of sulfonamides is 1. The van der Waals surface area contributed by atoms with Crippen LogP contribution in [0.5, 0.6) is 0 Å². The van der Waals surface area contributed by atoms with Crippen molar-refractivity contribution in [3.8, 4) is 22.5 Å². The van der Waals surface area contributed by atoms with Crippen LogP contribution in [0.1, 0.15) is 24.3 Å². The van der Waals surface area contributed by atoms with Crippen molar-refractivity contribution >= 4 is 20.9 Å². The van der Waals surface area contributed by atoms with E-state index in [4.69, 9.17) is 5.14 Å². The maximum absolute atomic E-state index is 12.6. The van der Waals surface area contributed by atoms with Gasteiger partial charge in [-0.3, -0.25) is 4.98 Å². The molecule has 1 aliphatic carbocycles. The van der Waals surface area contributed by atoms with Crippen LogP contribution in [0.15, 0.2) is 53.6 Å². The SMILES string of the molecule is NS(=O)(=O)c1c(C2CC2)ccc(-c2cccc3ncccc23)c1-c1nn[nH]n1. The lowest BCUT2D eigenvalue weighted by atomic mass is 9.93. The zero-order chi connectivity index (χ0) is 19.3. The van der Waals surface area contributed by atoms with E-state index in [0.29, 0.717) is 16.7 Å². The van der Waals surface area contributed by atoms with Crippen molar-refractivity contribution in [3.05, 3.63) is 54.2 Å². The Labute approximate surface area is 160 Å². The average Bonchev–Trinajstić information content (AvgIpc) is 3.40. The number of hydrogen-bond acceptors (Lipinski definition) is 6. The molecule has 140 valence electrons. The number of nitrogens with two attached hydrogens (primary N) is 1. The molecule has 0 aliphatic heterocycles. The number of fused-ring (bicyclic) bond motifs is 1. The normalized spacial score (nSPS) is 14.5. The number of tetrazole rings is 1. The first-order chi connectivity index (χ1) is 13.5. The van der Waals surface area contributed by atoms with E-state index in [1.807, 2.05) is 42.5 Å². The molecule has 5 rings (SSSR count). The molecular formula is C19H16N6O2S. The number of primary sulfonamides is 1. The van der Waals surface area contributed by atoms with Gasteiger partial charge < -0.3 is 0 Å². The summed E-state index contributed by atoms with van der Waals surface area (Å²) < 4.78 is 25.3. The van der Waals surface area contributed by atoms with Crippen molar-refractivity contribution in [1.29, 1.82) is 0 Å². The van der Waals surface area contributed by atoms with E-state index >= 15 is 0 Å². The molecule has 2 aromatic carbocycles. The van der Waals surface area contributed by atoms with E-state index in [1.54, 1.807) is 6.20 Å². The predicted molar refractivity (Wildman–Crippen MR) is 104 cm³/mol. The van der Waals surface area contributed by atoms with E-state index in [9.17, 15) is 8.42 Å². The van der Waals surface area contributed by atoms with Crippen LogP contribution < -0.4 is 5.14 Å². The lowest BCUT2D eigenvalue weighted by molar-refractivity contribution is 0.597. The number of benzene rings is 2. The molecular weight excluding hydrogens is 376 g/mol. The highest BCUT2D eigenvalue weighted by atomic mass is 32.2. The Hall–Kier alpha value is -3.17. The molecule has 0 saturated heterocycles. The van der Waals surface area contributed by atoms with Gasteiger partial charge in [-0.1, -0.05) is 30.3 Å². The molecule has 1 saturated carbocycles. The summed E-state index contributed by atoms with van der Waals surface area (Å²) in [6, 6.07) is 13.3. The Morgan fingerprint density at radius 1 is 1.04 bits per heavy atom. The molecule has 0 atom stereocenters. The Bertz CT molecular complexity index is 1290. The fraction of sp³-hybridized carbons (Fsp3) is 0.158. The lowest BCUT2D eigenvalue weighted by Crippen LogP contribution is -2.16. The van der Waals surface area contributed by atoms with Crippen molar-refractivity contribution < 1.29 is 8.42 Å². The quantitative estimate of drug-likeness (QED) is 0.549. The van der Waals surface area contributed by atoms with Crippen LogP contribution in [0.2, 0.25) is 0 Å². The Morgan fingerprint density at radius 3 is 2.61 bits per heavy atom. The molecule has 0 amide bonds. The van der Waals surface area contributed by atoms with Gasteiger partial charge in [0.25, 0.3) is 0 Å². The Kier molecular flexibility index (Phi) is 3.74. The third-order valence-electron chi connectivity index (χ3n) is 4.99. The molecule has 0 spiro atoms. The summed E-state index contributed by atoms with van der Waals surface area (Å²) in [5.41, 5.74) is 3.40. The van der Waals surface area contributed by atoms with Crippen LogP contribution in [-0.4, -0.2) is 34.0 Å². The van der Waals surface area contributed by atoms with Crippen LogP contribution >= 0.6 is 0 Å². The molecule has 1 aliphatic rings. The zero-order valence-corrected chi connectivity index (χ0v) is 15.5. The number of aromatic amines is 1. The standard InChI is InChI=1S/C19H16N6O2S/c20-28(26,27)18-12(11-6-7-11)8-9-15(17(18)19-22-24-25-23-19)13-3-1-5-16-14(13)4-2-10-21-16/h1-5,8-11H,6-7H2,(H2,20,26,27)(H,22,23,24,25). The maximum Gasteiger partial charge on any atom is 0.239 e. The van der Waals surface area contributed by atoms with E-state index < -0.39 is 10.0 Å². The van der Waals surface area contributed by atoms with Gasteiger partial charge in [0.1, 0.15) is 0 Å².